The molecule has 1 aliphatic heterocycles. The summed E-state index contributed by atoms with van der Waals surface area (Å²) in [5.74, 6) is -0.436. The highest BCUT2D eigenvalue weighted by atomic mass is 28.3. The standard InChI is InChI=1S/C19H26F3NO4Si/c1-5-26-15(24)18(11-28(12-18)16(25)27-17(2,3)4)23-10-13-6-8-14(9-7-13)19(20,21)22/h6-9,23,28H,5,10-12H2,1-4H3. The van der Waals surface area contributed by atoms with E-state index in [0.717, 1.165) is 12.1 Å². The summed E-state index contributed by atoms with van der Waals surface area (Å²) in [5, 5.41) is 3.11. The first kappa shape index (κ1) is 22.4. The van der Waals surface area contributed by atoms with E-state index in [2.05, 4.69) is 5.32 Å². The van der Waals surface area contributed by atoms with Crippen LogP contribution in [0.15, 0.2) is 24.3 Å². The minimum Gasteiger partial charge on any atom is -0.465 e. The van der Waals surface area contributed by atoms with Crippen molar-refractivity contribution in [2.45, 2.75) is 63.6 Å². The molecule has 0 aromatic heterocycles. The summed E-state index contributed by atoms with van der Waals surface area (Å²) < 4.78 is 48.6. The fourth-order valence-corrected chi connectivity index (χ4v) is 6.11. The van der Waals surface area contributed by atoms with Crippen LogP contribution in [0.25, 0.3) is 0 Å². The maximum atomic E-state index is 12.7. The number of benzene rings is 1. The molecule has 0 saturated carbocycles. The lowest BCUT2D eigenvalue weighted by molar-refractivity contribution is -0.150. The molecule has 0 spiro atoms. The smallest absolute Gasteiger partial charge is 0.416 e. The highest BCUT2D eigenvalue weighted by molar-refractivity contribution is 6.91. The Balaban J connectivity index is 2.03. The van der Waals surface area contributed by atoms with Crippen LogP contribution in [0.2, 0.25) is 12.1 Å². The Morgan fingerprint density at radius 3 is 2.18 bits per heavy atom. The predicted octanol–water partition coefficient (Wildman–Crippen LogP) is 3.85. The lowest BCUT2D eigenvalue weighted by Crippen LogP contribution is -2.65. The van der Waals surface area contributed by atoms with Crippen LogP contribution >= 0.6 is 0 Å². The molecule has 5 nitrogen and oxygen atoms in total. The van der Waals surface area contributed by atoms with E-state index in [4.69, 9.17) is 9.47 Å². The number of hydrogen-bond acceptors (Lipinski definition) is 5. The van der Waals surface area contributed by atoms with Gasteiger partial charge in [0.1, 0.15) is 11.1 Å². The van der Waals surface area contributed by atoms with Gasteiger partial charge in [0, 0.05) is 6.54 Å². The molecule has 28 heavy (non-hydrogen) atoms. The van der Waals surface area contributed by atoms with Crippen LogP contribution < -0.4 is 5.32 Å². The number of alkyl halides is 3. The maximum absolute atomic E-state index is 12.7. The first-order valence-electron chi connectivity index (χ1n) is 9.17. The molecule has 1 saturated heterocycles. The minimum atomic E-state index is -4.39. The Hall–Kier alpha value is -1.87. The quantitative estimate of drug-likeness (QED) is 0.563. The number of rotatable bonds is 6. The Morgan fingerprint density at radius 2 is 1.71 bits per heavy atom. The number of halogens is 3. The van der Waals surface area contributed by atoms with E-state index in [1.165, 1.54) is 12.1 Å². The first-order chi connectivity index (χ1) is 12.9. The third-order valence-corrected chi connectivity index (χ3v) is 7.67. The minimum absolute atomic E-state index is 0.201. The average molecular weight is 418 g/mol. The van der Waals surface area contributed by atoms with Crippen LogP contribution in [0.5, 0.6) is 0 Å². The topological polar surface area (TPSA) is 64.6 Å². The predicted molar refractivity (Wildman–Crippen MR) is 101 cm³/mol. The Labute approximate surface area is 164 Å². The molecule has 0 unspecified atom stereocenters. The molecule has 1 fully saturated rings. The molecule has 1 aromatic rings. The molecule has 1 N–H and O–H groups in total. The fraction of sp³-hybridized carbons (Fsp3) is 0.579. The van der Waals surface area contributed by atoms with Crippen LogP contribution in [-0.4, -0.2) is 38.1 Å². The van der Waals surface area contributed by atoms with Gasteiger partial charge in [-0.3, -0.25) is 14.9 Å². The van der Waals surface area contributed by atoms with Gasteiger partial charge in [-0.25, -0.2) is 0 Å². The van der Waals surface area contributed by atoms with Crippen LogP contribution in [0.4, 0.5) is 18.0 Å². The van der Waals surface area contributed by atoms with Crippen molar-refractivity contribution < 1.29 is 32.2 Å². The highest BCUT2D eigenvalue weighted by Crippen LogP contribution is 2.37. The lowest BCUT2D eigenvalue weighted by Gasteiger charge is -2.44. The van der Waals surface area contributed by atoms with Crippen molar-refractivity contribution in [1.82, 2.24) is 5.32 Å². The van der Waals surface area contributed by atoms with Crippen molar-refractivity contribution in [3.05, 3.63) is 35.4 Å². The third-order valence-electron chi connectivity index (χ3n) is 4.51. The van der Waals surface area contributed by atoms with Crippen molar-refractivity contribution in [3.8, 4) is 0 Å². The van der Waals surface area contributed by atoms with Crippen molar-refractivity contribution in [2.24, 2.45) is 0 Å². The van der Waals surface area contributed by atoms with E-state index in [-0.39, 0.29) is 18.7 Å². The summed E-state index contributed by atoms with van der Waals surface area (Å²) in [4.78, 5) is 24.7. The number of carbonyl (C=O) groups excluding carboxylic acids is 2. The third kappa shape index (κ3) is 5.57. The van der Waals surface area contributed by atoms with Gasteiger partial charge in [-0.1, -0.05) is 12.1 Å². The highest BCUT2D eigenvalue weighted by Gasteiger charge is 2.55. The number of hydrogen-bond donors (Lipinski definition) is 1. The summed E-state index contributed by atoms with van der Waals surface area (Å²) in [7, 11) is -1.93. The van der Waals surface area contributed by atoms with Crippen molar-refractivity contribution in [3.63, 3.8) is 0 Å². The first-order valence-corrected chi connectivity index (χ1v) is 11.4. The van der Waals surface area contributed by atoms with Crippen LogP contribution in [0.3, 0.4) is 0 Å². The van der Waals surface area contributed by atoms with Gasteiger partial charge in [0.25, 0.3) is 5.59 Å². The van der Waals surface area contributed by atoms with Gasteiger partial charge in [-0.15, -0.1) is 0 Å². The fourth-order valence-electron chi connectivity index (χ4n) is 3.07. The van der Waals surface area contributed by atoms with Gasteiger partial charge in [0.2, 0.25) is 0 Å². The monoisotopic (exact) mass is 417 g/mol. The number of nitrogens with one attached hydrogen (secondary N) is 1. The zero-order valence-electron chi connectivity index (χ0n) is 16.5. The molecule has 9 heteroatoms. The van der Waals surface area contributed by atoms with Crippen molar-refractivity contribution >= 4 is 20.4 Å². The van der Waals surface area contributed by atoms with Gasteiger partial charge in [0.15, 0.2) is 8.80 Å². The summed E-state index contributed by atoms with van der Waals surface area (Å²) >= 11 is 0. The average Bonchev–Trinajstić information content (AvgIpc) is 2.52. The molecular formula is C19H26F3NO4Si. The van der Waals surface area contributed by atoms with Crippen LogP contribution in [0.1, 0.15) is 38.8 Å². The van der Waals surface area contributed by atoms with E-state index in [0.29, 0.717) is 17.7 Å². The van der Waals surface area contributed by atoms with E-state index < -0.39 is 37.6 Å². The van der Waals surface area contributed by atoms with Gasteiger partial charge in [-0.05, 0) is 57.5 Å². The molecule has 0 amide bonds. The summed E-state index contributed by atoms with van der Waals surface area (Å²) in [6.45, 7) is 7.48. The molecule has 1 heterocycles. The van der Waals surface area contributed by atoms with Gasteiger partial charge < -0.3 is 9.47 Å². The normalized spacial score (nSPS) is 22.3. The molecule has 0 radical (unpaired) electrons. The van der Waals surface area contributed by atoms with Gasteiger partial charge in [-0.2, -0.15) is 13.2 Å². The van der Waals surface area contributed by atoms with E-state index in [9.17, 15) is 22.8 Å². The van der Waals surface area contributed by atoms with Crippen molar-refractivity contribution in [2.75, 3.05) is 6.61 Å². The van der Waals surface area contributed by atoms with E-state index in [1.807, 2.05) is 0 Å². The summed E-state index contributed by atoms with van der Waals surface area (Å²) in [6.07, 6.45) is -4.39. The van der Waals surface area contributed by atoms with E-state index >= 15 is 0 Å². The molecule has 0 bridgehead atoms. The molecule has 0 aliphatic carbocycles. The number of esters is 1. The molecule has 1 aliphatic rings. The zero-order valence-corrected chi connectivity index (χ0v) is 17.6. The number of carbonyl (C=O) groups is 2. The second-order valence-electron chi connectivity index (χ2n) is 7.99. The van der Waals surface area contributed by atoms with Crippen LogP contribution in [0, 0.1) is 0 Å². The SMILES string of the molecule is CCOC(=O)C1(NCc2ccc(C(F)(F)F)cc2)C[SiH](C(=O)OC(C)(C)C)C1. The van der Waals surface area contributed by atoms with E-state index in [1.54, 1.807) is 27.7 Å². The zero-order chi connectivity index (χ0) is 21.2. The van der Waals surface area contributed by atoms with Crippen molar-refractivity contribution in [1.29, 1.82) is 0 Å². The lowest BCUT2D eigenvalue weighted by atomic mass is 10.0. The summed E-state index contributed by atoms with van der Waals surface area (Å²) in [6, 6.07) is 5.48. The van der Waals surface area contributed by atoms with Gasteiger partial charge in [0.05, 0.1) is 12.2 Å². The Bertz CT molecular complexity index is 707. The second kappa shape index (κ2) is 8.24. The van der Waals surface area contributed by atoms with Gasteiger partial charge >= 0.3 is 12.1 Å². The largest absolute Gasteiger partial charge is 0.465 e. The molecule has 1 aromatic carbocycles. The molecular weight excluding hydrogens is 391 g/mol. The summed E-state index contributed by atoms with van der Waals surface area (Å²) in [5.41, 5.74) is -1.91. The molecule has 2 rings (SSSR count). The Morgan fingerprint density at radius 1 is 1.14 bits per heavy atom. The Kier molecular flexibility index (Phi) is 6.60. The second-order valence-corrected chi connectivity index (χ2v) is 10.7. The molecule has 156 valence electrons. The number of ether oxygens (including phenoxy) is 2. The van der Waals surface area contributed by atoms with Crippen LogP contribution in [-0.2, 0) is 27.0 Å². The molecule has 0 atom stereocenters. The maximum Gasteiger partial charge on any atom is 0.416 e.